The van der Waals surface area contributed by atoms with Gasteiger partial charge < -0.3 is 5.32 Å². The molecule has 1 amide bonds. The third-order valence-corrected chi connectivity index (χ3v) is 5.55. The summed E-state index contributed by atoms with van der Waals surface area (Å²) in [6.07, 6.45) is -3.42. The van der Waals surface area contributed by atoms with Crippen LogP contribution in [0.2, 0.25) is 5.02 Å². The molecule has 0 saturated heterocycles. The molecular formula is C19H20ClF3N2O3S. The number of carbonyl (C=O) groups excluding carboxylic acids is 1. The maximum atomic E-state index is 12.8. The van der Waals surface area contributed by atoms with Gasteiger partial charge in [0.1, 0.15) is 0 Å². The average Bonchev–Trinajstić information content (AvgIpc) is 2.58. The van der Waals surface area contributed by atoms with E-state index in [0.717, 1.165) is 30.0 Å². The lowest BCUT2D eigenvalue weighted by molar-refractivity contribution is -0.137. The molecule has 0 saturated carbocycles. The lowest BCUT2D eigenvalue weighted by Gasteiger charge is -2.22. The molecule has 29 heavy (non-hydrogen) atoms. The highest BCUT2D eigenvalue weighted by Gasteiger charge is 2.31. The van der Waals surface area contributed by atoms with Gasteiger partial charge in [-0.15, -0.1) is 0 Å². The smallest absolute Gasteiger partial charge is 0.325 e. The van der Waals surface area contributed by atoms with Gasteiger partial charge in [-0.2, -0.15) is 13.2 Å². The summed E-state index contributed by atoms with van der Waals surface area (Å²) in [5.74, 6) is -0.566. The highest BCUT2D eigenvalue weighted by atomic mass is 35.5. The topological polar surface area (TPSA) is 66.5 Å². The van der Waals surface area contributed by atoms with Crippen LogP contribution in [0.3, 0.4) is 0 Å². The SMILES string of the molecule is Cc1cccc(N(CCCC(=O)Nc2cc(C(F)(F)F)ccc2Cl)S(C)(=O)=O)c1. The van der Waals surface area contributed by atoms with E-state index in [-0.39, 0.29) is 30.1 Å². The lowest BCUT2D eigenvalue weighted by Crippen LogP contribution is -2.31. The van der Waals surface area contributed by atoms with Crippen LogP contribution in [0, 0.1) is 6.92 Å². The van der Waals surface area contributed by atoms with Gasteiger partial charge in [0.25, 0.3) is 0 Å². The number of benzene rings is 2. The summed E-state index contributed by atoms with van der Waals surface area (Å²) in [5.41, 5.74) is 0.284. The second-order valence-electron chi connectivity index (χ2n) is 6.52. The van der Waals surface area contributed by atoms with Gasteiger partial charge in [0.2, 0.25) is 15.9 Å². The minimum absolute atomic E-state index is 0.0242. The lowest BCUT2D eigenvalue weighted by atomic mass is 10.2. The zero-order valence-electron chi connectivity index (χ0n) is 15.8. The largest absolute Gasteiger partial charge is 0.416 e. The molecule has 0 aliphatic heterocycles. The van der Waals surface area contributed by atoms with Crippen LogP contribution >= 0.6 is 11.6 Å². The molecule has 2 rings (SSSR count). The van der Waals surface area contributed by atoms with E-state index in [1.54, 1.807) is 18.2 Å². The van der Waals surface area contributed by atoms with E-state index in [9.17, 15) is 26.4 Å². The summed E-state index contributed by atoms with van der Waals surface area (Å²) in [7, 11) is -3.56. The number of nitrogens with zero attached hydrogens (tertiary/aromatic N) is 1. The van der Waals surface area contributed by atoms with Crippen LogP contribution in [0.25, 0.3) is 0 Å². The molecule has 2 aromatic carbocycles. The number of sulfonamides is 1. The van der Waals surface area contributed by atoms with E-state index < -0.39 is 27.7 Å². The standard InChI is InChI=1S/C19H20ClF3N2O3S/c1-13-5-3-6-15(11-13)25(29(2,27)28)10-4-7-18(26)24-17-12-14(19(21,22)23)8-9-16(17)20/h3,5-6,8-9,11-12H,4,7,10H2,1-2H3,(H,24,26). The first-order valence-corrected chi connectivity index (χ1v) is 10.8. The van der Waals surface area contributed by atoms with Crippen LogP contribution < -0.4 is 9.62 Å². The molecule has 2 aromatic rings. The minimum Gasteiger partial charge on any atom is -0.325 e. The Hall–Kier alpha value is -2.26. The van der Waals surface area contributed by atoms with Crippen molar-refractivity contribution in [3.8, 4) is 0 Å². The van der Waals surface area contributed by atoms with Crippen molar-refractivity contribution >= 4 is 38.9 Å². The maximum absolute atomic E-state index is 12.8. The van der Waals surface area contributed by atoms with Gasteiger partial charge in [0.15, 0.2) is 0 Å². The molecule has 0 unspecified atom stereocenters. The normalized spacial score (nSPS) is 11.9. The summed E-state index contributed by atoms with van der Waals surface area (Å²) < 4.78 is 63.8. The third kappa shape index (κ3) is 6.64. The van der Waals surface area contributed by atoms with Crippen molar-refractivity contribution in [1.29, 1.82) is 0 Å². The first-order valence-electron chi connectivity index (χ1n) is 8.59. The summed E-state index contributed by atoms with van der Waals surface area (Å²) in [4.78, 5) is 12.1. The van der Waals surface area contributed by atoms with Crippen molar-refractivity contribution in [3.63, 3.8) is 0 Å². The number of rotatable bonds is 7. The van der Waals surface area contributed by atoms with Gasteiger partial charge in [0, 0.05) is 13.0 Å². The first-order chi connectivity index (χ1) is 13.4. The Morgan fingerprint density at radius 2 is 1.86 bits per heavy atom. The number of halogens is 4. The Morgan fingerprint density at radius 3 is 2.45 bits per heavy atom. The molecule has 158 valence electrons. The zero-order chi connectivity index (χ0) is 21.8. The van der Waals surface area contributed by atoms with E-state index in [1.165, 1.54) is 4.31 Å². The van der Waals surface area contributed by atoms with E-state index in [4.69, 9.17) is 11.6 Å². The van der Waals surface area contributed by atoms with Crippen LogP contribution in [0.4, 0.5) is 24.5 Å². The second-order valence-corrected chi connectivity index (χ2v) is 8.83. The number of aryl methyl sites for hydroxylation is 1. The fourth-order valence-electron chi connectivity index (χ4n) is 2.66. The third-order valence-electron chi connectivity index (χ3n) is 4.02. The highest BCUT2D eigenvalue weighted by molar-refractivity contribution is 7.92. The van der Waals surface area contributed by atoms with Crippen LogP contribution in [0.5, 0.6) is 0 Å². The number of hydrogen-bond donors (Lipinski definition) is 1. The Balaban J connectivity index is 2.03. The number of anilines is 2. The Labute approximate surface area is 172 Å². The van der Waals surface area contributed by atoms with Crippen LogP contribution in [0.1, 0.15) is 24.0 Å². The molecule has 10 heteroatoms. The van der Waals surface area contributed by atoms with Gasteiger partial charge in [0.05, 0.1) is 28.2 Å². The molecule has 0 atom stereocenters. The number of alkyl halides is 3. The Kier molecular flexibility index (Phi) is 7.18. The van der Waals surface area contributed by atoms with E-state index in [0.29, 0.717) is 5.69 Å². The van der Waals surface area contributed by atoms with Crippen LogP contribution in [0.15, 0.2) is 42.5 Å². The van der Waals surface area contributed by atoms with Crippen LogP contribution in [-0.4, -0.2) is 27.1 Å². The Bertz CT molecular complexity index is 994. The molecule has 5 nitrogen and oxygen atoms in total. The van der Waals surface area contributed by atoms with Gasteiger partial charge in [-0.3, -0.25) is 9.10 Å². The zero-order valence-corrected chi connectivity index (χ0v) is 17.3. The number of amides is 1. The quantitative estimate of drug-likeness (QED) is 0.658. The number of carbonyl (C=O) groups is 1. The van der Waals surface area contributed by atoms with Crippen LogP contribution in [-0.2, 0) is 21.0 Å². The minimum atomic E-state index is -4.56. The van der Waals surface area contributed by atoms with E-state index >= 15 is 0 Å². The summed E-state index contributed by atoms with van der Waals surface area (Å²) in [6, 6.07) is 9.56. The second kappa shape index (κ2) is 9.04. The number of nitrogens with one attached hydrogen (secondary N) is 1. The fraction of sp³-hybridized carbons (Fsp3) is 0.316. The van der Waals surface area contributed by atoms with Crippen molar-refractivity contribution in [2.45, 2.75) is 25.9 Å². The van der Waals surface area contributed by atoms with E-state index in [1.807, 2.05) is 13.0 Å². The molecule has 0 aromatic heterocycles. The fourth-order valence-corrected chi connectivity index (χ4v) is 3.78. The van der Waals surface area contributed by atoms with Crippen molar-refractivity contribution < 1.29 is 26.4 Å². The molecule has 0 spiro atoms. The molecule has 0 radical (unpaired) electrons. The molecule has 1 N–H and O–H groups in total. The maximum Gasteiger partial charge on any atom is 0.416 e. The monoisotopic (exact) mass is 448 g/mol. The molecule has 0 fully saturated rings. The molecule has 0 aliphatic rings. The predicted octanol–water partition coefficient (Wildman–Crippen LogP) is 4.85. The number of hydrogen-bond acceptors (Lipinski definition) is 3. The Morgan fingerprint density at radius 1 is 1.17 bits per heavy atom. The predicted molar refractivity (Wildman–Crippen MR) is 108 cm³/mol. The summed E-state index contributed by atoms with van der Waals surface area (Å²) in [5, 5.41) is 2.32. The summed E-state index contributed by atoms with van der Waals surface area (Å²) >= 11 is 5.86. The molecule has 0 aliphatic carbocycles. The van der Waals surface area contributed by atoms with Crippen molar-refractivity contribution in [2.75, 3.05) is 22.4 Å². The molecule has 0 heterocycles. The van der Waals surface area contributed by atoms with Gasteiger partial charge in [-0.25, -0.2) is 8.42 Å². The highest BCUT2D eigenvalue weighted by Crippen LogP contribution is 2.33. The molecule has 0 bridgehead atoms. The van der Waals surface area contributed by atoms with E-state index in [2.05, 4.69) is 5.32 Å². The molecular weight excluding hydrogens is 429 g/mol. The van der Waals surface area contributed by atoms with Crippen molar-refractivity contribution in [2.24, 2.45) is 0 Å². The van der Waals surface area contributed by atoms with Gasteiger partial charge in [-0.05, 0) is 49.2 Å². The first kappa shape index (κ1) is 23.0. The van der Waals surface area contributed by atoms with Crippen molar-refractivity contribution in [3.05, 3.63) is 58.6 Å². The summed E-state index contributed by atoms with van der Waals surface area (Å²) in [6.45, 7) is 1.88. The van der Waals surface area contributed by atoms with Gasteiger partial charge in [-0.1, -0.05) is 23.7 Å². The van der Waals surface area contributed by atoms with Crippen molar-refractivity contribution in [1.82, 2.24) is 0 Å². The average molecular weight is 449 g/mol. The van der Waals surface area contributed by atoms with Gasteiger partial charge >= 0.3 is 6.18 Å².